The number of rotatable bonds is 18. The highest BCUT2D eigenvalue weighted by Gasteiger charge is 2.24. The summed E-state index contributed by atoms with van der Waals surface area (Å²) in [6, 6.07) is 9.09. The summed E-state index contributed by atoms with van der Waals surface area (Å²) in [5, 5.41) is 0. The highest BCUT2D eigenvalue weighted by Crippen LogP contribution is 2.37. The van der Waals surface area contributed by atoms with Gasteiger partial charge < -0.3 is 4.74 Å². The maximum Gasteiger partial charge on any atom is 0.119 e. The first-order valence-corrected chi connectivity index (χ1v) is 16.5. The van der Waals surface area contributed by atoms with E-state index in [4.69, 9.17) is 4.74 Å². The second-order valence-corrected chi connectivity index (χ2v) is 12.6. The Labute approximate surface area is 225 Å². The molecular formula is C35H60O. The molecule has 0 saturated heterocycles. The van der Waals surface area contributed by atoms with Gasteiger partial charge in [-0.05, 0) is 67.1 Å². The molecule has 2 unspecified atom stereocenters. The average molecular weight is 497 g/mol. The number of hydrogen-bond acceptors (Lipinski definition) is 1. The third kappa shape index (κ3) is 11.6. The van der Waals surface area contributed by atoms with Crippen molar-refractivity contribution in [2.45, 2.75) is 155 Å². The molecule has 1 heteroatoms. The summed E-state index contributed by atoms with van der Waals surface area (Å²) in [4.78, 5) is 0. The minimum atomic E-state index is 0.888. The lowest BCUT2D eigenvalue weighted by Gasteiger charge is -2.31. The molecular weight excluding hydrogens is 436 g/mol. The van der Waals surface area contributed by atoms with Crippen molar-refractivity contribution in [2.24, 2.45) is 23.7 Å². The Morgan fingerprint density at radius 1 is 0.583 bits per heavy atom. The van der Waals surface area contributed by atoms with E-state index in [0.717, 1.165) is 36.0 Å². The van der Waals surface area contributed by atoms with Gasteiger partial charge in [-0.25, -0.2) is 0 Å². The highest BCUT2D eigenvalue weighted by molar-refractivity contribution is 5.27. The molecule has 36 heavy (non-hydrogen) atoms. The van der Waals surface area contributed by atoms with Gasteiger partial charge in [0.1, 0.15) is 5.75 Å². The molecule has 2 atom stereocenters. The molecule has 2 fully saturated rings. The lowest BCUT2D eigenvalue weighted by Crippen LogP contribution is -2.20. The lowest BCUT2D eigenvalue weighted by molar-refractivity contribution is 0.190. The van der Waals surface area contributed by atoms with Crippen LogP contribution in [0.5, 0.6) is 5.75 Å². The molecule has 0 aromatic heterocycles. The van der Waals surface area contributed by atoms with Gasteiger partial charge in [0, 0.05) is 0 Å². The summed E-state index contributed by atoms with van der Waals surface area (Å²) in [6.07, 6.45) is 31.4. The molecule has 0 spiro atoms. The summed E-state index contributed by atoms with van der Waals surface area (Å²) in [5.41, 5.74) is 1.50. The van der Waals surface area contributed by atoms with Crippen molar-refractivity contribution >= 4 is 0 Å². The van der Waals surface area contributed by atoms with Gasteiger partial charge in [-0.2, -0.15) is 0 Å². The van der Waals surface area contributed by atoms with Crippen molar-refractivity contribution in [3.05, 3.63) is 29.8 Å². The van der Waals surface area contributed by atoms with E-state index in [9.17, 15) is 0 Å². The first kappa shape index (κ1) is 29.6. The Hall–Kier alpha value is -0.980. The van der Waals surface area contributed by atoms with E-state index < -0.39 is 0 Å². The van der Waals surface area contributed by atoms with Crippen LogP contribution >= 0.6 is 0 Å². The Balaban J connectivity index is 1.24. The molecule has 2 saturated carbocycles. The van der Waals surface area contributed by atoms with E-state index in [1.807, 2.05) is 0 Å². The molecule has 206 valence electrons. The van der Waals surface area contributed by atoms with Crippen LogP contribution in [-0.2, 0) is 6.42 Å². The second-order valence-electron chi connectivity index (χ2n) is 12.6. The number of ether oxygens (including phenoxy) is 1. The normalized spacial score (nSPS) is 24.6. The monoisotopic (exact) mass is 496 g/mol. The van der Waals surface area contributed by atoms with Crippen molar-refractivity contribution in [3.8, 4) is 5.75 Å². The quantitative estimate of drug-likeness (QED) is 0.184. The van der Waals surface area contributed by atoms with E-state index in [0.29, 0.717) is 0 Å². The van der Waals surface area contributed by atoms with Gasteiger partial charge in [-0.15, -0.1) is 0 Å². The molecule has 0 N–H and O–H groups in total. The Kier molecular flexibility index (Phi) is 15.0. The SMILES string of the molecule is CCCCCCCC1CCC(CCc2ccc(OCCCC3CCCCC3CCCCC)cc2)CC1. The Morgan fingerprint density at radius 2 is 1.14 bits per heavy atom. The van der Waals surface area contributed by atoms with Crippen molar-refractivity contribution in [2.75, 3.05) is 6.61 Å². The fourth-order valence-corrected chi connectivity index (χ4v) is 7.21. The topological polar surface area (TPSA) is 9.23 Å². The van der Waals surface area contributed by atoms with Crippen molar-refractivity contribution in [1.29, 1.82) is 0 Å². The summed E-state index contributed by atoms with van der Waals surface area (Å²) in [5.74, 6) is 5.02. The number of aryl methyl sites for hydroxylation is 1. The van der Waals surface area contributed by atoms with Crippen LogP contribution in [0.25, 0.3) is 0 Å². The van der Waals surface area contributed by atoms with Gasteiger partial charge in [0.15, 0.2) is 0 Å². The third-order valence-electron chi connectivity index (χ3n) is 9.68. The molecule has 0 amide bonds. The van der Waals surface area contributed by atoms with Crippen LogP contribution in [0.15, 0.2) is 24.3 Å². The van der Waals surface area contributed by atoms with Crippen LogP contribution < -0.4 is 4.74 Å². The number of hydrogen-bond donors (Lipinski definition) is 0. The summed E-state index contributed by atoms with van der Waals surface area (Å²) in [6.45, 7) is 5.52. The molecule has 2 aliphatic carbocycles. The minimum Gasteiger partial charge on any atom is -0.494 e. The summed E-state index contributed by atoms with van der Waals surface area (Å²) < 4.78 is 6.15. The zero-order chi connectivity index (χ0) is 25.3. The molecule has 0 bridgehead atoms. The van der Waals surface area contributed by atoms with E-state index >= 15 is 0 Å². The number of unbranched alkanes of at least 4 members (excludes halogenated alkanes) is 6. The third-order valence-corrected chi connectivity index (χ3v) is 9.68. The van der Waals surface area contributed by atoms with Crippen molar-refractivity contribution in [1.82, 2.24) is 0 Å². The number of benzene rings is 1. The van der Waals surface area contributed by atoms with Crippen LogP contribution in [0.1, 0.15) is 154 Å². The van der Waals surface area contributed by atoms with Gasteiger partial charge in [-0.1, -0.05) is 142 Å². The van der Waals surface area contributed by atoms with Crippen LogP contribution in [0.4, 0.5) is 0 Å². The zero-order valence-electron chi connectivity index (χ0n) is 24.3. The predicted octanol–water partition coefficient (Wildman–Crippen LogP) is 11.3. The second kappa shape index (κ2) is 18.3. The van der Waals surface area contributed by atoms with Crippen molar-refractivity contribution in [3.63, 3.8) is 0 Å². The fraction of sp³-hybridized carbons (Fsp3) is 0.829. The molecule has 0 radical (unpaired) electrons. The van der Waals surface area contributed by atoms with E-state index in [-0.39, 0.29) is 0 Å². The first-order valence-electron chi connectivity index (χ1n) is 16.5. The summed E-state index contributed by atoms with van der Waals surface area (Å²) in [7, 11) is 0. The molecule has 0 heterocycles. The lowest BCUT2D eigenvalue weighted by atomic mass is 9.74. The van der Waals surface area contributed by atoms with E-state index in [1.54, 1.807) is 0 Å². The van der Waals surface area contributed by atoms with Crippen LogP contribution in [0.2, 0.25) is 0 Å². The first-order chi connectivity index (χ1) is 17.8. The average Bonchev–Trinajstić information content (AvgIpc) is 2.92. The highest BCUT2D eigenvalue weighted by atomic mass is 16.5. The van der Waals surface area contributed by atoms with Gasteiger partial charge in [-0.3, -0.25) is 0 Å². The molecule has 1 aromatic carbocycles. The van der Waals surface area contributed by atoms with E-state index in [1.165, 1.54) is 147 Å². The molecule has 2 aliphatic rings. The largest absolute Gasteiger partial charge is 0.494 e. The maximum absolute atomic E-state index is 6.15. The fourth-order valence-electron chi connectivity index (χ4n) is 7.21. The van der Waals surface area contributed by atoms with E-state index in [2.05, 4.69) is 38.1 Å². The van der Waals surface area contributed by atoms with Crippen LogP contribution in [0.3, 0.4) is 0 Å². The van der Waals surface area contributed by atoms with Gasteiger partial charge in [0.05, 0.1) is 6.61 Å². The molecule has 1 aromatic rings. The van der Waals surface area contributed by atoms with Gasteiger partial charge in [0.25, 0.3) is 0 Å². The van der Waals surface area contributed by atoms with Gasteiger partial charge in [0.2, 0.25) is 0 Å². The van der Waals surface area contributed by atoms with Crippen molar-refractivity contribution < 1.29 is 4.74 Å². The molecule has 1 nitrogen and oxygen atoms in total. The Morgan fingerprint density at radius 3 is 1.81 bits per heavy atom. The zero-order valence-corrected chi connectivity index (χ0v) is 24.3. The Bertz CT molecular complexity index is 641. The maximum atomic E-state index is 6.15. The van der Waals surface area contributed by atoms with Gasteiger partial charge >= 0.3 is 0 Å². The minimum absolute atomic E-state index is 0.888. The smallest absolute Gasteiger partial charge is 0.119 e. The standard InChI is InChI=1S/C35H60O/c1-3-5-7-8-10-14-30-19-21-31(22-20-30)23-24-32-25-27-35(28-26-32)36-29-13-18-34-17-12-11-16-33(34)15-9-6-4-2/h25-28,30-31,33-34H,3-24,29H2,1-2H3. The summed E-state index contributed by atoms with van der Waals surface area (Å²) >= 11 is 0. The molecule has 3 rings (SSSR count). The molecule has 0 aliphatic heterocycles. The van der Waals surface area contributed by atoms with Crippen LogP contribution in [-0.4, -0.2) is 6.61 Å². The predicted molar refractivity (Wildman–Crippen MR) is 158 cm³/mol. The van der Waals surface area contributed by atoms with Crippen LogP contribution in [0, 0.1) is 23.7 Å².